The first-order valence-corrected chi connectivity index (χ1v) is 5.16. The fraction of sp³-hybridized carbons (Fsp3) is 0. The van der Waals surface area contributed by atoms with Gasteiger partial charge in [0.2, 0.25) is 0 Å². The van der Waals surface area contributed by atoms with Crippen LogP contribution in [0.5, 0.6) is 5.75 Å². The predicted molar refractivity (Wildman–Crippen MR) is 67.5 cm³/mol. The van der Waals surface area contributed by atoms with E-state index in [4.69, 9.17) is 5.73 Å². The maximum atomic E-state index is 10.2. The van der Waals surface area contributed by atoms with Gasteiger partial charge in [-0.15, -0.1) is 0 Å². The van der Waals surface area contributed by atoms with E-state index in [0.717, 1.165) is 21.5 Å². The Morgan fingerprint density at radius 1 is 0.812 bits per heavy atom. The number of phenols is 1. The van der Waals surface area contributed by atoms with E-state index in [2.05, 4.69) is 0 Å². The number of nitrogen functional groups attached to an aromatic ring is 1. The SMILES string of the molecule is Nc1ccc2c(O)c3ccccc3cc2c1. The fourth-order valence-electron chi connectivity index (χ4n) is 2.07. The van der Waals surface area contributed by atoms with E-state index in [-0.39, 0.29) is 0 Å². The van der Waals surface area contributed by atoms with Gasteiger partial charge < -0.3 is 10.8 Å². The van der Waals surface area contributed by atoms with Gasteiger partial charge in [0.05, 0.1) is 0 Å². The maximum absolute atomic E-state index is 10.2. The Labute approximate surface area is 92.9 Å². The zero-order valence-corrected chi connectivity index (χ0v) is 8.64. The number of aromatic hydroxyl groups is 1. The van der Waals surface area contributed by atoms with Crippen LogP contribution >= 0.6 is 0 Å². The minimum atomic E-state index is 0.327. The molecular weight excluding hydrogens is 198 g/mol. The van der Waals surface area contributed by atoms with Crippen molar-refractivity contribution in [3.05, 3.63) is 48.5 Å². The Morgan fingerprint density at radius 3 is 2.44 bits per heavy atom. The molecule has 2 nitrogen and oxygen atoms in total. The molecule has 0 aliphatic carbocycles. The van der Waals surface area contributed by atoms with Crippen LogP contribution in [0.2, 0.25) is 0 Å². The van der Waals surface area contributed by atoms with Gasteiger partial charge in [0.1, 0.15) is 5.75 Å². The highest BCUT2D eigenvalue weighted by molar-refractivity contribution is 6.05. The zero-order valence-electron chi connectivity index (χ0n) is 8.64. The van der Waals surface area contributed by atoms with E-state index in [0.29, 0.717) is 11.4 Å². The van der Waals surface area contributed by atoms with Crippen molar-refractivity contribution >= 4 is 27.2 Å². The van der Waals surface area contributed by atoms with Crippen LogP contribution in [-0.2, 0) is 0 Å². The van der Waals surface area contributed by atoms with Gasteiger partial charge in [-0.25, -0.2) is 0 Å². The van der Waals surface area contributed by atoms with Crippen molar-refractivity contribution in [3.8, 4) is 5.75 Å². The Bertz CT molecular complexity index is 689. The Balaban J connectivity index is 2.55. The molecule has 0 aromatic heterocycles. The third-order valence-corrected chi connectivity index (χ3v) is 2.86. The molecule has 16 heavy (non-hydrogen) atoms. The molecule has 0 saturated carbocycles. The van der Waals surface area contributed by atoms with Crippen molar-refractivity contribution in [2.24, 2.45) is 0 Å². The minimum absolute atomic E-state index is 0.327. The second-order valence-corrected chi connectivity index (χ2v) is 3.93. The van der Waals surface area contributed by atoms with Gasteiger partial charge in [-0.05, 0) is 35.0 Å². The summed E-state index contributed by atoms with van der Waals surface area (Å²) in [4.78, 5) is 0. The second-order valence-electron chi connectivity index (χ2n) is 3.93. The molecule has 3 aromatic carbocycles. The fourth-order valence-corrected chi connectivity index (χ4v) is 2.07. The quantitative estimate of drug-likeness (QED) is 0.441. The predicted octanol–water partition coefficient (Wildman–Crippen LogP) is 3.28. The van der Waals surface area contributed by atoms with Gasteiger partial charge in [-0.2, -0.15) is 0 Å². The van der Waals surface area contributed by atoms with Crippen molar-refractivity contribution in [1.29, 1.82) is 0 Å². The summed E-state index contributed by atoms with van der Waals surface area (Å²) >= 11 is 0. The van der Waals surface area contributed by atoms with E-state index in [1.54, 1.807) is 6.07 Å². The molecule has 0 spiro atoms. The van der Waals surface area contributed by atoms with Gasteiger partial charge in [0, 0.05) is 16.5 Å². The second kappa shape index (κ2) is 3.14. The average molecular weight is 209 g/mol. The lowest BCUT2D eigenvalue weighted by Gasteiger charge is -2.06. The standard InChI is InChI=1S/C14H11NO/c15-11-5-6-13-10(8-11)7-9-3-1-2-4-12(9)14(13)16/h1-8,16H,15H2. The summed E-state index contributed by atoms with van der Waals surface area (Å²) in [5.41, 5.74) is 6.45. The van der Waals surface area contributed by atoms with Gasteiger partial charge in [0.25, 0.3) is 0 Å². The first kappa shape index (κ1) is 9.04. The summed E-state index contributed by atoms with van der Waals surface area (Å²) in [6.45, 7) is 0. The lowest BCUT2D eigenvalue weighted by Crippen LogP contribution is -1.84. The summed E-state index contributed by atoms with van der Waals surface area (Å²) < 4.78 is 0. The molecule has 0 atom stereocenters. The van der Waals surface area contributed by atoms with E-state index in [1.165, 1.54) is 0 Å². The number of rotatable bonds is 0. The van der Waals surface area contributed by atoms with Gasteiger partial charge >= 0.3 is 0 Å². The Hall–Kier alpha value is -2.22. The first-order chi connectivity index (χ1) is 7.75. The number of hydrogen-bond acceptors (Lipinski definition) is 2. The zero-order chi connectivity index (χ0) is 11.1. The molecule has 0 bridgehead atoms. The molecule has 0 saturated heterocycles. The van der Waals surface area contributed by atoms with Crippen LogP contribution in [0.4, 0.5) is 5.69 Å². The van der Waals surface area contributed by atoms with Crippen molar-refractivity contribution in [3.63, 3.8) is 0 Å². The monoisotopic (exact) mass is 209 g/mol. The van der Waals surface area contributed by atoms with Crippen molar-refractivity contribution in [2.75, 3.05) is 5.73 Å². The number of anilines is 1. The van der Waals surface area contributed by atoms with Crippen LogP contribution < -0.4 is 5.73 Å². The van der Waals surface area contributed by atoms with Crippen molar-refractivity contribution in [1.82, 2.24) is 0 Å². The molecule has 0 fully saturated rings. The molecule has 2 heteroatoms. The van der Waals surface area contributed by atoms with Crippen molar-refractivity contribution < 1.29 is 5.11 Å². The topological polar surface area (TPSA) is 46.2 Å². The number of hydrogen-bond donors (Lipinski definition) is 2. The average Bonchev–Trinajstić information content (AvgIpc) is 2.29. The highest BCUT2D eigenvalue weighted by Crippen LogP contribution is 2.34. The van der Waals surface area contributed by atoms with Crippen LogP contribution in [0.25, 0.3) is 21.5 Å². The van der Waals surface area contributed by atoms with Gasteiger partial charge in [-0.1, -0.05) is 24.3 Å². The molecule has 78 valence electrons. The van der Waals surface area contributed by atoms with Crippen molar-refractivity contribution in [2.45, 2.75) is 0 Å². The highest BCUT2D eigenvalue weighted by Gasteiger charge is 2.05. The largest absolute Gasteiger partial charge is 0.507 e. The smallest absolute Gasteiger partial charge is 0.131 e. The molecule has 0 aliphatic rings. The molecule has 0 radical (unpaired) electrons. The van der Waals surface area contributed by atoms with Gasteiger partial charge in [-0.3, -0.25) is 0 Å². The lowest BCUT2D eigenvalue weighted by atomic mass is 10.0. The maximum Gasteiger partial charge on any atom is 0.131 e. The number of nitrogens with two attached hydrogens (primary N) is 1. The number of fused-ring (bicyclic) bond motifs is 2. The van der Waals surface area contributed by atoms with E-state index < -0.39 is 0 Å². The minimum Gasteiger partial charge on any atom is -0.507 e. The van der Waals surface area contributed by atoms with Gasteiger partial charge in [0.15, 0.2) is 0 Å². The highest BCUT2D eigenvalue weighted by atomic mass is 16.3. The number of phenolic OH excluding ortho intramolecular Hbond substituents is 1. The Morgan fingerprint density at radius 2 is 1.56 bits per heavy atom. The van der Waals surface area contributed by atoms with Crippen LogP contribution in [0.15, 0.2) is 48.5 Å². The van der Waals surface area contributed by atoms with Crippen LogP contribution in [0.1, 0.15) is 0 Å². The molecule has 3 rings (SSSR count). The third-order valence-electron chi connectivity index (χ3n) is 2.86. The molecule has 0 aliphatic heterocycles. The summed E-state index contributed by atoms with van der Waals surface area (Å²) in [7, 11) is 0. The first-order valence-electron chi connectivity index (χ1n) is 5.16. The molecular formula is C14H11NO. The molecule has 0 unspecified atom stereocenters. The number of benzene rings is 3. The van der Waals surface area contributed by atoms with E-state index in [9.17, 15) is 5.11 Å². The Kier molecular flexibility index (Phi) is 1.77. The lowest BCUT2D eigenvalue weighted by molar-refractivity contribution is 0.488. The van der Waals surface area contributed by atoms with E-state index in [1.807, 2.05) is 42.5 Å². The van der Waals surface area contributed by atoms with Crippen LogP contribution in [0.3, 0.4) is 0 Å². The molecule has 0 amide bonds. The molecule has 3 aromatic rings. The molecule has 3 N–H and O–H groups in total. The van der Waals surface area contributed by atoms with Crippen LogP contribution in [-0.4, -0.2) is 5.11 Å². The molecule has 0 heterocycles. The third kappa shape index (κ3) is 1.20. The summed E-state index contributed by atoms with van der Waals surface area (Å²) in [5, 5.41) is 13.9. The summed E-state index contributed by atoms with van der Waals surface area (Å²) in [5.74, 6) is 0.327. The summed E-state index contributed by atoms with van der Waals surface area (Å²) in [6, 6.07) is 15.4. The summed E-state index contributed by atoms with van der Waals surface area (Å²) in [6.07, 6.45) is 0. The van der Waals surface area contributed by atoms with E-state index >= 15 is 0 Å². The van der Waals surface area contributed by atoms with Crippen LogP contribution in [0, 0.1) is 0 Å². The normalized spacial score (nSPS) is 11.0.